The zero-order chi connectivity index (χ0) is 34.7. The highest BCUT2D eigenvalue weighted by Gasteiger charge is 2.82. The van der Waals surface area contributed by atoms with Gasteiger partial charge in [0.05, 0.1) is 22.5 Å². The molecule has 1 aliphatic heterocycles. The molecule has 1 saturated heterocycles. The van der Waals surface area contributed by atoms with E-state index in [0.29, 0.717) is 0 Å². The Bertz CT molecular complexity index is 1520. The molecule has 10 atom stereocenters. The predicted octanol–water partition coefficient (Wildman–Crippen LogP) is 2.93. The molecular formula is C34H41NO12. The van der Waals surface area contributed by atoms with E-state index in [-0.39, 0.29) is 12.0 Å². The van der Waals surface area contributed by atoms with Gasteiger partial charge in [-0.3, -0.25) is 29.0 Å². The highest BCUT2D eigenvalue weighted by atomic mass is 16.6. The first kappa shape index (κ1) is 34.2. The predicted molar refractivity (Wildman–Crippen MR) is 160 cm³/mol. The Kier molecular flexibility index (Phi) is 8.62. The van der Waals surface area contributed by atoms with Crippen LogP contribution >= 0.6 is 0 Å². The van der Waals surface area contributed by atoms with Crippen LogP contribution in [0.15, 0.2) is 36.7 Å². The summed E-state index contributed by atoms with van der Waals surface area (Å²) in [5, 5.41) is 0. The lowest BCUT2D eigenvalue weighted by molar-refractivity contribution is -0.213. The number of hydrogen-bond acceptors (Lipinski definition) is 13. The first-order valence-electron chi connectivity index (χ1n) is 15.6. The van der Waals surface area contributed by atoms with Crippen molar-refractivity contribution in [1.29, 1.82) is 0 Å². The molecule has 0 spiro atoms. The van der Waals surface area contributed by atoms with Gasteiger partial charge in [-0.2, -0.15) is 0 Å². The number of esters is 5. The van der Waals surface area contributed by atoms with Crippen LogP contribution in [-0.4, -0.2) is 82.3 Å². The SMILES string of the molecule is CC(=O)OCC12C(OC(=O)c3cccnc3)C=CC3C1C(C)(OC3(C)C)C(=O)C1(OC(C)=O)CC(C)C(OC(C)=O)C1C2OC(C)=O. The summed E-state index contributed by atoms with van der Waals surface area (Å²) in [6.07, 6.45) is 2.22. The number of rotatable bonds is 7. The summed E-state index contributed by atoms with van der Waals surface area (Å²) in [7, 11) is 0. The van der Waals surface area contributed by atoms with E-state index in [2.05, 4.69) is 4.98 Å². The third-order valence-electron chi connectivity index (χ3n) is 10.2. The van der Waals surface area contributed by atoms with Gasteiger partial charge in [0.15, 0.2) is 5.60 Å². The number of carbonyl (C=O) groups is 6. The lowest BCUT2D eigenvalue weighted by Gasteiger charge is -2.53. The molecule has 0 N–H and O–H groups in total. The second-order valence-corrected chi connectivity index (χ2v) is 13.8. The maximum absolute atomic E-state index is 15.3. The Hall–Kier alpha value is -4.13. The number of ketones is 1. The van der Waals surface area contributed by atoms with Crippen LogP contribution in [0.1, 0.15) is 72.2 Å². The minimum atomic E-state index is -2.02. The van der Waals surface area contributed by atoms with Crippen molar-refractivity contribution in [3.8, 4) is 0 Å². The molecule has 13 heteroatoms. The second kappa shape index (κ2) is 11.8. The summed E-state index contributed by atoms with van der Waals surface area (Å²) < 4.78 is 36.7. The van der Waals surface area contributed by atoms with Crippen molar-refractivity contribution < 1.29 is 57.2 Å². The fourth-order valence-electron chi connectivity index (χ4n) is 8.93. The van der Waals surface area contributed by atoms with Gasteiger partial charge < -0.3 is 28.4 Å². The molecule has 5 rings (SSSR count). The summed E-state index contributed by atoms with van der Waals surface area (Å²) in [4.78, 5) is 84.2. The van der Waals surface area contributed by atoms with Gasteiger partial charge in [0.2, 0.25) is 5.78 Å². The Morgan fingerprint density at radius 3 is 2.19 bits per heavy atom. The maximum atomic E-state index is 15.3. The summed E-state index contributed by atoms with van der Waals surface area (Å²) in [6, 6.07) is 3.07. The number of nitrogens with zero attached hydrogens (tertiary/aromatic N) is 1. The van der Waals surface area contributed by atoms with E-state index >= 15 is 4.79 Å². The van der Waals surface area contributed by atoms with Crippen LogP contribution in [0.25, 0.3) is 0 Å². The fourth-order valence-corrected chi connectivity index (χ4v) is 8.93. The molecule has 0 radical (unpaired) electrons. The van der Waals surface area contributed by atoms with Crippen LogP contribution in [0, 0.1) is 29.1 Å². The molecule has 2 heterocycles. The molecular weight excluding hydrogens is 614 g/mol. The topological polar surface area (TPSA) is 171 Å². The number of aromatic nitrogens is 1. The van der Waals surface area contributed by atoms with Gasteiger partial charge in [-0.15, -0.1) is 0 Å². The van der Waals surface area contributed by atoms with Gasteiger partial charge in [0.1, 0.15) is 30.5 Å². The Morgan fingerprint density at radius 1 is 0.936 bits per heavy atom. The van der Waals surface area contributed by atoms with Crippen molar-refractivity contribution in [3.05, 3.63) is 42.2 Å². The molecule has 47 heavy (non-hydrogen) atoms. The largest absolute Gasteiger partial charge is 0.465 e. The standard InChI is InChI=1S/C34H41NO12/c1-17-14-34(46-21(5)39)25(26(17)43-19(3)37)28(44-20(4)38)33(16-42-18(2)36)24(45-29(40)22-10-9-13-35-15-22)12-11-23-27(33)32(8,30(34)41)47-31(23,6)7/h9-13,15,17,23-28H,14,16H2,1-8H3. The van der Waals surface area contributed by atoms with Gasteiger partial charge in [0, 0.05) is 58.3 Å². The maximum Gasteiger partial charge on any atom is 0.340 e. The summed E-state index contributed by atoms with van der Waals surface area (Å²) >= 11 is 0. The molecule has 254 valence electrons. The number of hydrogen-bond donors (Lipinski definition) is 0. The molecule has 10 unspecified atom stereocenters. The Balaban J connectivity index is 1.88. The summed E-state index contributed by atoms with van der Waals surface area (Å²) in [5.74, 6) is -7.84. The van der Waals surface area contributed by atoms with Crippen LogP contribution < -0.4 is 0 Å². The van der Waals surface area contributed by atoms with Crippen molar-refractivity contribution in [1.82, 2.24) is 4.98 Å². The Labute approximate surface area is 272 Å². The van der Waals surface area contributed by atoms with Gasteiger partial charge in [-0.05, 0) is 44.9 Å². The van der Waals surface area contributed by atoms with Crippen molar-refractivity contribution in [3.63, 3.8) is 0 Å². The number of ether oxygens (including phenoxy) is 6. The lowest BCUT2D eigenvalue weighted by atomic mass is 9.54. The van der Waals surface area contributed by atoms with Crippen LogP contribution in [0.5, 0.6) is 0 Å². The van der Waals surface area contributed by atoms with Gasteiger partial charge in [-0.1, -0.05) is 13.0 Å². The number of pyridine rings is 1. The molecule has 3 fully saturated rings. The zero-order valence-corrected chi connectivity index (χ0v) is 27.8. The van der Waals surface area contributed by atoms with Gasteiger partial charge in [0.25, 0.3) is 0 Å². The van der Waals surface area contributed by atoms with Crippen LogP contribution in [0.3, 0.4) is 0 Å². The third kappa shape index (κ3) is 5.41. The van der Waals surface area contributed by atoms with E-state index in [0.717, 1.165) is 6.92 Å². The molecule has 3 aliphatic carbocycles. The first-order valence-corrected chi connectivity index (χ1v) is 15.6. The van der Waals surface area contributed by atoms with Crippen LogP contribution in [0.4, 0.5) is 0 Å². The minimum absolute atomic E-state index is 0.0975. The Morgan fingerprint density at radius 2 is 1.62 bits per heavy atom. The molecule has 2 saturated carbocycles. The molecule has 0 amide bonds. The average molecular weight is 656 g/mol. The van der Waals surface area contributed by atoms with Gasteiger partial charge in [-0.25, -0.2) is 4.79 Å². The highest BCUT2D eigenvalue weighted by Crippen LogP contribution is 2.67. The molecule has 1 aromatic rings. The van der Waals surface area contributed by atoms with E-state index < -0.39 is 106 Å². The van der Waals surface area contributed by atoms with E-state index in [1.807, 2.05) is 0 Å². The second-order valence-electron chi connectivity index (χ2n) is 13.8. The third-order valence-corrected chi connectivity index (χ3v) is 10.2. The van der Waals surface area contributed by atoms with Crippen molar-refractivity contribution in [2.75, 3.05) is 6.61 Å². The highest BCUT2D eigenvalue weighted by molar-refractivity contribution is 5.98. The quantitative estimate of drug-likeness (QED) is 0.239. The molecule has 0 bridgehead atoms. The molecule has 0 aromatic carbocycles. The van der Waals surface area contributed by atoms with Crippen molar-refractivity contribution >= 4 is 35.6 Å². The molecule has 13 nitrogen and oxygen atoms in total. The van der Waals surface area contributed by atoms with Crippen LogP contribution in [0.2, 0.25) is 0 Å². The first-order chi connectivity index (χ1) is 21.9. The minimum Gasteiger partial charge on any atom is -0.465 e. The van der Waals surface area contributed by atoms with E-state index in [9.17, 15) is 24.0 Å². The van der Waals surface area contributed by atoms with Crippen molar-refractivity contribution in [2.24, 2.45) is 29.1 Å². The molecule has 1 aromatic heterocycles. The lowest BCUT2D eigenvalue weighted by Crippen LogP contribution is -2.64. The number of fused-ring (bicyclic) bond motifs is 1. The number of carbonyl (C=O) groups excluding carboxylic acids is 6. The summed E-state index contributed by atoms with van der Waals surface area (Å²) in [6.45, 7) is 11.1. The van der Waals surface area contributed by atoms with E-state index in [4.69, 9.17) is 28.4 Å². The smallest absolute Gasteiger partial charge is 0.340 e. The fraction of sp³-hybridized carbons (Fsp3) is 0.618. The normalized spacial score (nSPS) is 37.9. The monoisotopic (exact) mass is 655 g/mol. The number of Topliss-reactive ketones (excluding diaryl/α,β-unsaturated/α-hetero) is 1. The van der Waals surface area contributed by atoms with E-state index in [1.54, 1.807) is 45.9 Å². The summed E-state index contributed by atoms with van der Waals surface area (Å²) in [5.41, 5.74) is -6.46. The van der Waals surface area contributed by atoms with Crippen LogP contribution in [-0.2, 0) is 52.4 Å². The van der Waals surface area contributed by atoms with Gasteiger partial charge >= 0.3 is 29.8 Å². The average Bonchev–Trinajstić information content (AvgIpc) is 3.34. The van der Waals surface area contributed by atoms with E-state index in [1.165, 1.54) is 39.2 Å². The van der Waals surface area contributed by atoms with Crippen molar-refractivity contribution in [2.45, 2.75) is 96.9 Å². The molecule has 4 aliphatic rings. The zero-order valence-electron chi connectivity index (χ0n) is 27.8.